The highest BCUT2D eigenvalue weighted by Crippen LogP contribution is 2.37. The second-order valence-electron chi connectivity index (χ2n) is 6.34. The zero-order valence-corrected chi connectivity index (χ0v) is 15.6. The lowest BCUT2D eigenvalue weighted by Crippen LogP contribution is -2.16. The minimum absolute atomic E-state index is 0.106. The SMILES string of the molecule is Cn1cc2c(=O)n(C)cc(-c3cc(N)ccc3Oc3ccc(Cl)cc3)c2n1. The summed E-state index contributed by atoms with van der Waals surface area (Å²) in [5.74, 6) is 1.25. The summed E-state index contributed by atoms with van der Waals surface area (Å²) >= 11 is 5.95. The number of hydrogen-bond acceptors (Lipinski definition) is 4. The van der Waals surface area contributed by atoms with Crippen LogP contribution in [0.15, 0.2) is 59.7 Å². The molecule has 0 fully saturated rings. The van der Waals surface area contributed by atoms with Crippen LogP contribution >= 0.6 is 11.6 Å². The van der Waals surface area contributed by atoms with Gasteiger partial charge >= 0.3 is 0 Å². The topological polar surface area (TPSA) is 75.1 Å². The van der Waals surface area contributed by atoms with E-state index in [1.54, 1.807) is 67.6 Å². The quantitative estimate of drug-likeness (QED) is 0.546. The van der Waals surface area contributed by atoms with Gasteiger partial charge in [-0.25, -0.2) is 0 Å². The van der Waals surface area contributed by atoms with Gasteiger partial charge in [-0.2, -0.15) is 5.10 Å². The molecule has 0 aliphatic heterocycles. The standard InChI is InChI=1S/C20H17ClN4O2/c1-24-10-16(19-17(20(24)26)11-25(2)23-19)15-9-13(22)5-8-18(15)27-14-6-3-12(21)4-7-14/h3-11H,22H2,1-2H3. The van der Waals surface area contributed by atoms with Crippen molar-refractivity contribution in [3.8, 4) is 22.6 Å². The minimum atomic E-state index is -0.106. The highest BCUT2D eigenvalue weighted by atomic mass is 35.5. The van der Waals surface area contributed by atoms with E-state index in [0.717, 1.165) is 11.1 Å². The van der Waals surface area contributed by atoms with Gasteiger partial charge in [-0.05, 0) is 42.5 Å². The number of anilines is 1. The maximum atomic E-state index is 12.4. The number of rotatable bonds is 3. The zero-order chi connectivity index (χ0) is 19.1. The van der Waals surface area contributed by atoms with Crippen LogP contribution in [0.25, 0.3) is 22.0 Å². The molecule has 7 heteroatoms. The Morgan fingerprint density at radius 3 is 2.52 bits per heavy atom. The number of aromatic nitrogens is 3. The van der Waals surface area contributed by atoms with Crippen molar-refractivity contribution >= 4 is 28.2 Å². The first-order chi connectivity index (χ1) is 12.9. The Kier molecular flexibility index (Phi) is 4.12. The van der Waals surface area contributed by atoms with Crippen molar-refractivity contribution in [1.29, 1.82) is 0 Å². The predicted octanol–water partition coefficient (Wildman–Crippen LogP) is 3.97. The van der Waals surface area contributed by atoms with E-state index in [1.165, 1.54) is 4.57 Å². The van der Waals surface area contributed by atoms with Crippen LogP contribution in [0.1, 0.15) is 0 Å². The summed E-state index contributed by atoms with van der Waals surface area (Å²) in [5, 5.41) is 5.64. The normalized spacial score (nSPS) is 11.1. The maximum Gasteiger partial charge on any atom is 0.261 e. The van der Waals surface area contributed by atoms with Gasteiger partial charge in [0.05, 0.1) is 5.39 Å². The number of ether oxygens (including phenoxy) is 1. The molecule has 0 saturated carbocycles. The Morgan fingerprint density at radius 2 is 1.78 bits per heavy atom. The molecule has 2 aromatic carbocycles. The number of nitrogens with zero attached hydrogens (tertiary/aromatic N) is 3. The van der Waals surface area contributed by atoms with E-state index >= 15 is 0 Å². The van der Waals surface area contributed by atoms with Crippen molar-refractivity contribution in [2.24, 2.45) is 14.1 Å². The number of nitrogen functional groups attached to an aromatic ring is 1. The molecule has 0 radical (unpaired) electrons. The number of pyridine rings is 1. The second kappa shape index (κ2) is 6.48. The summed E-state index contributed by atoms with van der Waals surface area (Å²) in [4.78, 5) is 12.4. The summed E-state index contributed by atoms with van der Waals surface area (Å²) < 4.78 is 9.23. The summed E-state index contributed by atoms with van der Waals surface area (Å²) in [5.41, 5.74) is 8.64. The van der Waals surface area contributed by atoms with Crippen LogP contribution in [-0.2, 0) is 14.1 Å². The van der Waals surface area contributed by atoms with E-state index in [2.05, 4.69) is 5.10 Å². The van der Waals surface area contributed by atoms with Crippen molar-refractivity contribution in [2.75, 3.05) is 5.73 Å². The first kappa shape index (κ1) is 17.2. The van der Waals surface area contributed by atoms with Gasteiger partial charge in [0.2, 0.25) is 0 Å². The summed E-state index contributed by atoms with van der Waals surface area (Å²) in [7, 11) is 3.50. The van der Waals surface area contributed by atoms with Gasteiger partial charge in [0.25, 0.3) is 5.56 Å². The Hall–Kier alpha value is -3.25. The molecule has 136 valence electrons. The summed E-state index contributed by atoms with van der Waals surface area (Å²) in [6.07, 6.45) is 3.47. The zero-order valence-electron chi connectivity index (χ0n) is 14.8. The van der Waals surface area contributed by atoms with Gasteiger partial charge in [-0.15, -0.1) is 0 Å². The van der Waals surface area contributed by atoms with Gasteiger partial charge in [0, 0.05) is 48.3 Å². The van der Waals surface area contributed by atoms with Crippen LogP contribution in [0.4, 0.5) is 5.69 Å². The molecule has 0 atom stereocenters. The van der Waals surface area contributed by atoms with Gasteiger partial charge in [0.15, 0.2) is 0 Å². The lowest BCUT2D eigenvalue weighted by atomic mass is 10.0. The fraction of sp³-hybridized carbons (Fsp3) is 0.100. The Labute approximate surface area is 160 Å². The van der Waals surface area contributed by atoms with Crippen LogP contribution in [0.3, 0.4) is 0 Å². The van der Waals surface area contributed by atoms with Crippen LogP contribution in [0.5, 0.6) is 11.5 Å². The van der Waals surface area contributed by atoms with Crippen molar-refractivity contribution in [3.63, 3.8) is 0 Å². The highest BCUT2D eigenvalue weighted by Gasteiger charge is 2.17. The summed E-state index contributed by atoms with van der Waals surface area (Å²) in [6.45, 7) is 0. The van der Waals surface area contributed by atoms with E-state index in [-0.39, 0.29) is 5.56 Å². The second-order valence-corrected chi connectivity index (χ2v) is 6.77. The monoisotopic (exact) mass is 380 g/mol. The molecule has 0 aliphatic carbocycles. The largest absolute Gasteiger partial charge is 0.457 e. The fourth-order valence-electron chi connectivity index (χ4n) is 3.02. The predicted molar refractivity (Wildman–Crippen MR) is 107 cm³/mol. The highest BCUT2D eigenvalue weighted by molar-refractivity contribution is 6.30. The smallest absolute Gasteiger partial charge is 0.261 e. The molecule has 2 N–H and O–H groups in total. The first-order valence-corrected chi connectivity index (χ1v) is 8.66. The molecule has 6 nitrogen and oxygen atoms in total. The number of benzene rings is 2. The molecule has 0 bridgehead atoms. The molecule has 0 spiro atoms. The van der Waals surface area contributed by atoms with E-state index in [0.29, 0.717) is 33.1 Å². The number of hydrogen-bond donors (Lipinski definition) is 1. The number of fused-ring (bicyclic) bond motifs is 1. The van der Waals surface area contributed by atoms with Crippen molar-refractivity contribution < 1.29 is 4.74 Å². The van der Waals surface area contributed by atoms with Gasteiger partial charge in [-0.3, -0.25) is 9.48 Å². The third-order valence-electron chi connectivity index (χ3n) is 4.29. The van der Waals surface area contributed by atoms with Crippen molar-refractivity contribution in [3.05, 3.63) is 70.2 Å². The molecule has 2 aromatic heterocycles. The van der Waals surface area contributed by atoms with Gasteiger partial charge in [-0.1, -0.05) is 11.6 Å². The third kappa shape index (κ3) is 3.15. The molecule has 4 aromatic rings. The van der Waals surface area contributed by atoms with Gasteiger partial charge < -0.3 is 15.0 Å². The Bertz CT molecular complexity index is 1210. The third-order valence-corrected chi connectivity index (χ3v) is 4.54. The van der Waals surface area contributed by atoms with Crippen LogP contribution < -0.4 is 16.0 Å². The Morgan fingerprint density at radius 1 is 1.04 bits per heavy atom. The maximum absolute atomic E-state index is 12.4. The fourth-order valence-corrected chi connectivity index (χ4v) is 3.15. The lowest BCUT2D eigenvalue weighted by molar-refractivity contribution is 0.484. The molecule has 0 amide bonds. The average molecular weight is 381 g/mol. The molecule has 2 heterocycles. The minimum Gasteiger partial charge on any atom is -0.457 e. The Balaban J connectivity index is 1.93. The van der Waals surface area contributed by atoms with Crippen molar-refractivity contribution in [2.45, 2.75) is 0 Å². The number of halogens is 1. The number of nitrogens with two attached hydrogens (primary N) is 1. The van der Waals surface area contributed by atoms with Crippen LogP contribution in [-0.4, -0.2) is 14.3 Å². The molecule has 27 heavy (non-hydrogen) atoms. The molecular weight excluding hydrogens is 364 g/mol. The van der Waals surface area contributed by atoms with E-state index in [9.17, 15) is 4.79 Å². The van der Waals surface area contributed by atoms with E-state index in [1.807, 2.05) is 6.07 Å². The first-order valence-electron chi connectivity index (χ1n) is 8.28. The van der Waals surface area contributed by atoms with Crippen LogP contribution in [0, 0.1) is 0 Å². The molecule has 0 unspecified atom stereocenters. The van der Waals surface area contributed by atoms with E-state index in [4.69, 9.17) is 22.1 Å². The molecule has 4 rings (SSSR count). The average Bonchev–Trinajstić information content (AvgIpc) is 3.03. The number of aryl methyl sites for hydroxylation is 2. The van der Waals surface area contributed by atoms with Gasteiger partial charge in [0.1, 0.15) is 17.0 Å². The van der Waals surface area contributed by atoms with Crippen molar-refractivity contribution in [1.82, 2.24) is 14.3 Å². The van der Waals surface area contributed by atoms with E-state index < -0.39 is 0 Å². The lowest BCUT2D eigenvalue weighted by Gasteiger charge is -2.13. The molecular formula is C20H17ClN4O2. The van der Waals surface area contributed by atoms with Crippen LogP contribution in [0.2, 0.25) is 5.02 Å². The molecule has 0 saturated heterocycles. The summed E-state index contributed by atoms with van der Waals surface area (Å²) in [6, 6.07) is 12.5. The molecule has 0 aliphatic rings.